The molecule has 1 amide bonds. The molecule has 0 radical (unpaired) electrons. The van der Waals surface area contributed by atoms with E-state index in [4.69, 9.17) is 5.73 Å². The number of ketones is 2. The quantitative estimate of drug-likeness (QED) is 0.305. The highest BCUT2D eigenvalue weighted by Crippen LogP contribution is 2.63. The molecule has 0 spiro atoms. The van der Waals surface area contributed by atoms with Gasteiger partial charge >= 0.3 is 0 Å². The number of amides is 1. The third-order valence-corrected chi connectivity index (χ3v) is 8.11. The van der Waals surface area contributed by atoms with E-state index in [9.17, 15) is 34.8 Å². The summed E-state index contributed by atoms with van der Waals surface area (Å²) >= 11 is 0. The number of hydrogen-bond acceptors (Lipinski definition) is 8. The van der Waals surface area contributed by atoms with Gasteiger partial charge in [-0.15, -0.1) is 0 Å². The summed E-state index contributed by atoms with van der Waals surface area (Å²) in [6.07, 6.45) is 1.66. The van der Waals surface area contributed by atoms with Crippen LogP contribution in [0.3, 0.4) is 0 Å². The molecule has 1 aromatic carbocycles. The number of phenolic OH excluding ortho intramolecular Hbond substituents is 1. The number of carbonyl (C=O) groups is 3. The minimum absolute atomic E-state index is 0.0246. The number of hydrogen-bond donors (Lipinski definition) is 5. The fourth-order valence-electron chi connectivity index (χ4n) is 6.72. The zero-order valence-corrected chi connectivity index (χ0v) is 21.6. The van der Waals surface area contributed by atoms with E-state index in [1.165, 1.54) is 17.9 Å². The van der Waals surface area contributed by atoms with Gasteiger partial charge in [0.05, 0.1) is 11.6 Å². The summed E-state index contributed by atoms with van der Waals surface area (Å²) in [4.78, 5) is 41.2. The molecule has 9 nitrogen and oxygen atoms in total. The Morgan fingerprint density at radius 1 is 1.19 bits per heavy atom. The van der Waals surface area contributed by atoms with Crippen molar-refractivity contribution in [1.82, 2.24) is 4.90 Å². The molecule has 0 bridgehead atoms. The molecule has 4 atom stereocenters. The number of nitrogens with zero attached hydrogens (tertiary/aromatic N) is 1. The van der Waals surface area contributed by atoms with Crippen molar-refractivity contribution < 1.29 is 34.8 Å². The van der Waals surface area contributed by atoms with Gasteiger partial charge in [0.2, 0.25) is 5.78 Å². The smallest absolute Gasteiger partial charge is 0.255 e. The molecule has 0 unspecified atom stereocenters. The Kier molecular flexibility index (Phi) is 6.05. The maximum Gasteiger partial charge on any atom is 0.255 e. The Morgan fingerprint density at radius 3 is 2.41 bits per heavy atom. The van der Waals surface area contributed by atoms with Gasteiger partial charge in [0.25, 0.3) is 5.91 Å². The normalized spacial score (nSPS) is 30.9. The van der Waals surface area contributed by atoms with Crippen molar-refractivity contribution in [3.05, 3.63) is 45.7 Å². The first kappa shape index (κ1) is 26.5. The van der Waals surface area contributed by atoms with Crippen molar-refractivity contribution in [2.75, 3.05) is 14.1 Å². The van der Waals surface area contributed by atoms with Crippen molar-refractivity contribution in [2.45, 2.75) is 58.1 Å². The number of unbranched alkanes of at least 4 members (excludes halogenated alkanes) is 1. The minimum Gasteiger partial charge on any atom is -0.508 e. The Hall–Kier alpha value is -3.61. The summed E-state index contributed by atoms with van der Waals surface area (Å²) in [5.74, 6) is 1.12. The van der Waals surface area contributed by atoms with Crippen LogP contribution in [0.4, 0.5) is 0 Å². The number of Topliss-reactive ketones (excluding diaryl/α,β-unsaturated/α-hetero) is 2. The van der Waals surface area contributed by atoms with Gasteiger partial charge in [-0.25, -0.2) is 0 Å². The number of phenols is 1. The molecule has 4 rings (SSSR count). The number of primary amides is 1. The molecule has 9 heteroatoms. The predicted molar refractivity (Wildman–Crippen MR) is 135 cm³/mol. The average molecular weight is 509 g/mol. The van der Waals surface area contributed by atoms with Crippen molar-refractivity contribution >= 4 is 23.2 Å². The fourth-order valence-corrected chi connectivity index (χ4v) is 6.72. The molecule has 1 fully saturated rings. The van der Waals surface area contributed by atoms with E-state index in [1.54, 1.807) is 27.1 Å². The van der Waals surface area contributed by atoms with Gasteiger partial charge in [-0.05, 0) is 51.1 Å². The Balaban J connectivity index is 2.06. The highest BCUT2D eigenvalue weighted by Gasteiger charge is 2.72. The van der Waals surface area contributed by atoms with E-state index in [2.05, 4.69) is 11.8 Å². The number of rotatable bonds is 3. The first-order chi connectivity index (χ1) is 17.2. The van der Waals surface area contributed by atoms with Crippen molar-refractivity contribution in [2.24, 2.45) is 16.6 Å². The van der Waals surface area contributed by atoms with Crippen LogP contribution >= 0.6 is 0 Å². The summed E-state index contributed by atoms with van der Waals surface area (Å²) < 4.78 is 0. The number of likely N-dealkylation sites (N-methyl/N-ethyl adjacent to an activating group) is 1. The number of nitrogens with two attached hydrogens (primary N) is 1. The Bertz CT molecular complexity index is 1380. The SMILES string of the molecule is CCCC#Cc1ccc(O)c2c1C[C@@]1(C)C[C@@]3(C)[C@H](N(C)C)C(=O)C(C(N)=O)=C(O)[C@@]3(O)C(=O)C1=C2O. The van der Waals surface area contributed by atoms with Crippen LogP contribution in [0.5, 0.6) is 5.75 Å². The Labute approximate surface area is 215 Å². The lowest BCUT2D eigenvalue weighted by Gasteiger charge is -2.59. The molecule has 3 aliphatic rings. The second-order valence-corrected chi connectivity index (χ2v) is 11.0. The molecule has 1 aromatic rings. The lowest BCUT2D eigenvalue weighted by atomic mass is 9.46. The summed E-state index contributed by atoms with van der Waals surface area (Å²) in [5, 5.41) is 45.1. The third kappa shape index (κ3) is 3.36. The number of aromatic hydroxyl groups is 1. The maximum absolute atomic E-state index is 14.2. The summed E-state index contributed by atoms with van der Waals surface area (Å²) in [6.45, 7) is 5.25. The van der Waals surface area contributed by atoms with Gasteiger partial charge in [0.15, 0.2) is 11.4 Å². The van der Waals surface area contributed by atoms with E-state index in [1.807, 2.05) is 6.92 Å². The molecule has 0 heterocycles. The summed E-state index contributed by atoms with van der Waals surface area (Å²) in [7, 11) is 3.14. The first-order valence-corrected chi connectivity index (χ1v) is 12.2. The van der Waals surface area contributed by atoms with Crippen LogP contribution in [-0.2, 0) is 20.8 Å². The minimum atomic E-state index is -2.73. The Morgan fingerprint density at radius 2 is 1.84 bits per heavy atom. The predicted octanol–water partition coefficient (Wildman–Crippen LogP) is 1.90. The third-order valence-electron chi connectivity index (χ3n) is 8.11. The number of aliphatic hydroxyl groups excluding tert-OH is 2. The largest absolute Gasteiger partial charge is 0.508 e. The molecular formula is C28H32N2O7. The van der Waals surface area contributed by atoms with E-state index in [-0.39, 0.29) is 29.7 Å². The highest BCUT2D eigenvalue weighted by molar-refractivity contribution is 6.25. The van der Waals surface area contributed by atoms with E-state index in [0.717, 1.165) is 6.42 Å². The molecule has 0 aromatic heterocycles. The molecule has 196 valence electrons. The van der Waals surface area contributed by atoms with Gasteiger partial charge < -0.3 is 26.2 Å². The lowest BCUT2D eigenvalue weighted by molar-refractivity contribution is -0.176. The van der Waals surface area contributed by atoms with Crippen LogP contribution in [-0.4, -0.2) is 68.5 Å². The lowest BCUT2D eigenvalue weighted by Crippen LogP contribution is -2.72. The van der Waals surface area contributed by atoms with Crippen LogP contribution in [0.2, 0.25) is 0 Å². The zero-order chi connectivity index (χ0) is 27.7. The van der Waals surface area contributed by atoms with Gasteiger partial charge in [-0.3, -0.25) is 19.3 Å². The molecular weight excluding hydrogens is 476 g/mol. The standard InChI is InChI=1S/C28H32N2O7/c1-6-7-8-9-14-10-11-16(31)17-15(14)12-26(2)13-27(3)22(30(4)5)21(33)18(25(29)36)23(34)28(27,37)24(35)19(26)20(17)32/h10-11,22,31-32,34,37H,6-7,12-13H2,1-5H3,(H2,29,36)/t22-,26+,27+,28-/m1/s1. The van der Waals surface area contributed by atoms with Gasteiger partial charge in [-0.2, -0.15) is 0 Å². The fraction of sp³-hybridized carbons (Fsp3) is 0.464. The molecule has 6 N–H and O–H groups in total. The molecule has 0 saturated heterocycles. The average Bonchev–Trinajstić information content (AvgIpc) is 2.77. The number of aliphatic hydroxyl groups is 3. The second kappa shape index (κ2) is 8.47. The molecule has 3 aliphatic carbocycles. The highest BCUT2D eigenvalue weighted by atomic mass is 16.3. The van der Waals surface area contributed by atoms with E-state index in [0.29, 0.717) is 17.5 Å². The van der Waals surface area contributed by atoms with Crippen LogP contribution in [0.15, 0.2) is 29.0 Å². The number of carbonyl (C=O) groups excluding carboxylic acids is 3. The van der Waals surface area contributed by atoms with Crippen LogP contribution < -0.4 is 5.73 Å². The first-order valence-electron chi connectivity index (χ1n) is 12.2. The van der Waals surface area contributed by atoms with Crippen molar-refractivity contribution in [3.8, 4) is 17.6 Å². The van der Waals surface area contributed by atoms with Crippen LogP contribution in [0.25, 0.3) is 5.76 Å². The van der Waals surface area contributed by atoms with Crippen molar-refractivity contribution in [3.63, 3.8) is 0 Å². The van der Waals surface area contributed by atoms with Gasteiger partial charge in [0.1, 0.15) is 22.8 Å². The van der Waals surface area contributed by atoms with Crippen LogP contribution in [0.1, 0.15) is 56.7 Å². The molecule has 0 aliphatic heterocycles. The monoisotopic (exact) mass is 508 g/mol. The number of fused-ring (bicyclic) bond motifs is 3. The maximum atomic E-state index is 14.2. The number of benzene rings is 1. The van der Waals surface area contributed by atoms with Gasteiger partial charge in [-0.1, -0.05) is 32.6 Å². The zero-order valence-electron chi connectivity index (χ0n) is 21.6. The molecule has 37 heavy (non-hydrogen) atoms. The van der Waals surface area contributed by atoms with Crippen LogP contribution in [0, 0.1) is 22.7 Å². The summed E-state index contributed by atoms with van der Waals surface area (Å²) in [5.41, 5.74) is 0.0847. The second-order valence-electron chi connectivity index (χ2n) is 11.0. The van der Waals surface area contributed by atoms with E-state index < -0.39 is 57.0 Å². The topological polar surface area (TPSA) is 161 Å². The van der Waals surface area contributed by atoms with E-state index >= 15 is 0 Å². The van der Waals surface area contributed by atoms with Crippen molar-refractivity contribution in [1.29, 1.82) is 0 Å². The van der Waals surface area contributed by atoms with Gasteiger partial charge in [0, 0.05) is 28.4 Å². The summed E-state index contributed by atoms with van der Waals surface area (Å²) in [6, 6.07) is 1.85. The molecule has 1 saturated carbocycles.